The highest BCUT2D eigenvalue weighted by atomic mass is 32.1. The number of nitrogens with one attached hydrogen (secondary N) is 1. The molecule has 0 spiro atoms. The Morgan fingerprint density at radius 3 is 2.90 bits per heavy atom. The van der Waals surface area contributed by atoms with Crippen molar-refractivity contribution in [3.63, 3.8) is 0 Å². The molecule has 1 aromatic rings. The maximum absolute atomic E-state index is 11.7. The second kappa shape index (κ2) is 5.32. The van der Waals surface area contributed by atoms with Crippen molar-refractivity contribution in [2.24, 2.45) is 5.11 Å². The highest BCUT2D eigenvalue weighted by molar-refractivity contribution is 7.71. The van der Waals surface area contributed by atoms with Crippen molar-refractivity contribution >= 4 is 12.2 Å². The summed E-state index contributed by atoms with van der Waals surface area (Å²) in [6.07, 6.45) is -3.34. The van der Waals surface area contributed by atoms with E-state index in [0.29, 0.717) is 0 Å². The van der Waals surface area contributed by atoms with E-state index in [1.54, 1.807) is 0 Å². The van der Waals surface area contributed by atoms with Crippen LogP contribution in [0.3, 0.4) is 0 Å². The summed E-state index contributed by atoms with van der Waals surface area (Å²) in [6, 6.07) is 1.38. The number of hydrogen-bond acceptors (Lipinski definition) is 7. The molecule has 0 saturated carbocycles. The Hall–Kier alpha value is -1.75. The molecule has 4 N–H and O–H groups in total. The fourth-order valence-corrected chi connectivity index (χ4v) is 2.09. The van der Waals surface area contributed by atoms with Gasteiger partial charge in [-0.25, -0.2) is 4.79 Å². The minimum absolute atomic E-state index is 0.183. The number of H-pyrrole nitrogens is 1. The second-order valence-corrected chi connectivity index (χ2v) is 4.59. The van der Waals surface area contributed by atoms with Gasteiger partial charge in [-0.05, 0) is 11.6 Å². The van der Waals surface area contributed by atoms with Gasteiger partial charge in [0.1, 0.15) is 16.8 Å². The lowest BCUT2D eigenvalue weighted by Crippen LogP contribution is -2.44. The molecule has 2 rings (SSSR count). The molecule has 1 saturated heterocycles. The zero-order valence-electron chi connectivity index (χ0n) is 9.95. The van der Waals surface area contributed by atoms with Crippen molar-refractivity contribution < 1.29 is 20.1 Å². The Kier molecular flexibility index (Phi) is 3.90. The van der Waals surface area contributed by atoms with Crippen molar-refractivity contribution in [2.45, 2.75) is 24.2 Å². The topological polar surface area (TPSA) is 156 Å². The average Bonchev–Trinajstić information content (AvgIpc) is 2.65. The van der Waals surface area contributed by atoms with E-state index in [1.807, 2.05) is 0 Å². The minimum Gasteiger partial charge on any atom is -0.393 e. The first-order chi connectivity index (χ1) is 9.45. The molecule has 11 heteroatoms. The zero-order valence-corrected chi connectivity index (χ0v) is 10.8. The molecule has 1 fully saturated rings. The predicted octanol–water partition coefficient (Wildman–Crippen LogP) is -0.845. The summed E-state index contributed by atoms with van der Waals surface area (Å²) in [7, 11) is 0. The van der Waals surface area contributed by atoms with Crippen LogP contribution in [0.25, 0.3) is 10.4 Å². The maximum atomic E-state index is 11.7. The standard InChI is InChI=1S/C9H11N5O5S/c10-13-12-9(3-15)6(17)5(16)7(19-9)14-2-1-4(20)11-8(14)18/h1-2,5-7,15-17H,3H2,(H,11,18,20)/t5-,6?,7+,9+/m0/s1. The van der Waals surface area contributed by atoms with Crippen LogP contribution in [-0.4, -0.2) is 49.4 Å². The summed E-state index contributed by atoms with van der Waals surface area (Å²) in [4.78, 5) is 16.5. The molecule has 1 aliphatic rings. The van der Waals surface area contributed by atoms with Gasteiger partial charge in [0, 0.05) is 11.1 Å². The molecular formula is C9H11N5O5S. The van der Waals surface area contributed by atoms with Crippen molar-refractivity contribution in [3.8, 4) is 0 Å². The Labute approximate surface area is 116 Å². The van der Waals surface area contributed by atoms with Gasteiger partial charge in [-0.3, -0.25) is 9.55 Å². The fraction of sp³-hybridized carbons (Fsp3) is 0.556. The molecule has 0 aromatic carbocycles. The van der Waals surface area contributed by atoms with Gasteiger partial charge in [0.15, 0.2) is 6.23 Å². The molecule has 0 amide bonds. The van der Waals surface area contributed by atoms with Crippen LogP contribution in [0.1, 0.15) is 6.23 Å². The third-order valence-electron chi connectivity index (χ3n) is 2.97. The van der Waals surface area contributed by atoms with Gasteiger partial charge in [-0.1, -0.05) is 17.3 Å². The molecule has 0 aliphatic carbocycles. The number of ether oxygens (including phenoxy) is 1. The lowest BCUT2D eigenvalue weighted by Gasteiger charge is -2.23. The molecule has 108 valence electrons. The smallest absolute Gasteiger partial charge is 0.328 e. The number of rotatable bonds is 3. The quantitative estimate of drug-likeness (QED) is 0.246. The van der Waals surface area contributed by atoms with Gasteiger partial charge in [0.25, 0.3) is 0 Å². The zero-order chi connectivity index (χ0) is 14.9. The summed E-state index contributed by atoms with van der Waals surface area (Å²) in [5.74, 6) is 0. The van der Waals surface area contributed by atoms with Gasteiger partial charge >= 0.3 is 5.69 Å². The predicted molar refractivity (Wildman–Crippen MR) is 67.0 cm³/mol. The number of azide groups is 1. The van der Waals surface area contributed by atoms with E-state index in [4.69, 9.17) is 22.5 Å². The third kappa shape index (κ3) is 2.22. The fourth-order valence-electron chi connectivity index (χ4n) is 1.94. The van der Waals surface area contributed by atoms with Crippen LogP contribution >= 0.6 is 12.2 Å². The Morgan fingerprint density at radius 2 is 2.35 bits per heavy atom. The molecule has 2 heterocycles. The van der Waals surface area contributed by atoms with Gasteiger partial charge in [0.2, 0.25) is 5.72 Å². The van der Waals surface area contributed by atoms with Gasteiger partial charge in [0.05, 0.1) is 6.61 Å². The van der Waals surface area contributed by atoms with E-state index in [0.717, 1.165) is 4.57 Å². The molecule has 20 heavy (non-hydrogen) atoms. The highest BCUT2D eigenvalue weighted by Crippen LogP contribution is 2.37. The first kappa shape index (κ1) is 14.7. The van der Waals surface area contributed by atoms with Gasteiger partial charge in [-0.2, -0.15) is 0 Å². The molecule has 1 aliphatic heterocycles. The van der Waals surface area contributed by atoms with Crippen molar-refractivity contribution in [3.05, 3.63) is 37.8 Å². The lowest BCUT2D eigenvalue weighted by atomic mass is 10.1. The van der Waals surface area contributed by atoms with Crippen LogP contribution in [0.2, 0.25) is 0 Å². The number of aliphatic hydroxyl groups is 3. The Balaban J connectivity index is 2.47. The second-order valence-electron chi connectivity index (χ2n) is 4.15. The molecule has 4 atom stereocenters. The van der Waals surface area contributed by atoms with Crippen LogP contribution in [0.15, 0.2) is 22.2 Å². The van der Waals surface area contributed by atoms with Crippen molar-refractivity contribution in [2.75, 3.05) is 6.61 Å². The van der Waals surface area contributed by atoms with Gasteiger partial charge in [-0.15, -0.1) is 0 Å². The number of aromatic amines is 1. The molecule has 10 nitrogen and oxygen atoms in total. The van der Waals surface area contributed by atoms with Crippen molar-refractivity contribution in [1.82, 2.24) is 9.55 Å². The molecular weight excluding hydrogens is 290 g/mol. The maximum Gasteiger partial charge on any atom is 0.328 e. The summed E-state index contributed by atoms with van der Waals surface area (Å²) in [6.45, 7) is -0.858. The van der Waals surface area contributed by atoms with Crippen molar-refractivity contribution in [1.29, 1.82) is 0 Å². The number of aliphatic hydroxyl groups excluding tert-OH is 3. The van der Waals surface area contributed by atoms with E-state index in [-0.39, 0.29) is 4.64 Å². The number of aromatic nitrogens is 2. The van der Waals surface area contributed by atoms with Crippen LogP contribution < -0.4 is 5.69 Å². The largest absolute Gasteiger partial charge is 0.393 e. The van der Waals surface area contributed by atoms with E-state index in [1.165, 1.54) is 12.3 Å². The van der Waals surface area contributed by atoms with Crippen LogP contribution in [0, 0.1) is 4.64 Å². The van der Waals surface area contributed by atoms with E-state index >= 15 is 0 Å². The van der Waals surface area contributed by atoms with E-state index in [9.17, 15) is 20.1 Å². The van der Waals surface area contributed by atoms with E-state index < -0.39 is 36.5 Å². The monoisotopic (exact) mass is 301 g/mol. The molecule has 1 aromatic heterocycles. The normalized spacial score (nSPS) is 32.9. The van der Waals surface area contributed by atoms with Crippen LogP contribution in [0.5, 0.6) is 0 Å². The number of hydrogen-bond donors (Lipinski definition) is 4. The summed E-state index contributed by atoms with van der Waals surface area (Å²) >= 11 is 4.77. The summed E-state index contributed by atoms with van der Waals surface area (Å²) in [5.41, 5.74) is 5.73. The lowest BCUT2D eigenvalue weighted by molar-refractivity contribution is -0.125. The van der Waals surface area contributed by atoms with Crippen LogP contribution in [0.4, 0.5) is 0 Å². The van der Waals surface area contributed by atoms with E-state index in [2.05, 4.69) is 15.0 Å². The molecule has 0 radical (unpaired) electrons. The molecule has 1 unspecified atom stereocenters. The first-order valence-corrected chi connectivity index (χ1v) is 5.88. The Bertz CT molecular complexity index is 667. The minimum atomic E-state index is -2.05. The Morgan fingerprint density at radius 1 is 1.65 bits per heavy atom. The number of nitrogens with zero attached hydrogens (tertiary/aromatic N) is 4. The summed E-state index contributed by atoms with van der Waals surface area (Å²) < 4.78 is 6.33. The van der Waals surface area contributed by atoms with Gasteiger partial charge < -0.3 is 20.1 Å². The molecule has 0 bridgehead atoms. The third-order valence-corrected chi connectivity index (χ3v) is 3.21. The van der Waals surface area contributed by atoms with Crippen LogP contribution in [-0.2, 0) is 4.74 Å². The average molecular weight is 301 g/mol. The SMILES string of the molecule is [N-]=[N+]=N[C@]1(CO)O[C@@H](n2ccc(=S)[nH]c2=O)[C@@H](O)C1O. The summed E-state index contributed by atoms with van der Waals surface area (Å²) in [5, 5.41) is 32.2. The first-order valence-electron chi connectivity index (χ1n) is 5.48. The highest BCUT2D eigenvalue weighted by Gasteiger charge is 2.54.